The minimum Gasteiger partial charge on any atom is -0.347 e. The monoisotopic (exact) mass is 496 g/mol. The number of carbonyl (C=O) groups excluding carboxylic acids is 1. The van der Waals surface area contributed by atoms with Crippen LogP contribution >= 0.6 is 24.0 Å². The Balaban J connectivity index is 0.00000280. The fourth-order valence-corrected chi connectivity index (χ4v) is 3.37. The van der Waals surface area contributed by atoms with Crippen LogP contribution < -0.4 is 10.6 Å². The molecule has 7 heteroatoms. The second-order valence-electron chi connectivity index (χ2n) is 6.75. The van der Waals surface area contributed by atoms with Gasteiger partial charge in [-0.15, -0.1) is 24.0 Å². The zero-order valence-electron chi connectivity index (χ0n) is 15.9. The summed E-state index contributed by atoms with van der Waals surface area (Å²) in [4.78, 5) is 18.6. The van der Waals surface area contributed by atoms with Crippen LogP contribution in [0.5, 0.6) is 0 Å². The Kier molecular flexibility index (Phi) is 8.69. The summed E-state index contributed by atoms with van der Waals surface area (Å²) in [5.74, 6) is 0.798. The molecule has 1 saturated heterocycles. The highest BCUT2D eigenvalue weighted by Gasteiger charge is 2.25. The number of nitrogens with zero attached hydrogens (tertiary/aromatic N) is 2. The van der Waals surface area contributed by atoms with Gasteiger partial charge in [0.2, 0.25) is 5.91 Å². The fraction of sp³-hybridized carbons (Fsp3) is 0.333. The Bertz CT molecular complexity index is 783. The molecule has 1 fully saturated rings. The fourth-order valence-electron chi connectivity index (χ4n) is 3.37. The highest BCUT2D eigenvalue weighted by atomic mass is 127. The summed E-state index contributed by atoms with van der Waals surface area (Å²) in [6, 6.07) is 16.2. The van der Waals surface area contributed by atoms with Gasteiger partial charge >= 0.3 is 0 Å². The molecule has 3 rings (SSSR count). The lowest BCUT2D eigenvalue weighted by Crippen LogP contribution is -2.43. The van der Waals surface area contributed by atoms with E-state index >= 15 is 0 Å². The molecule has 5 nitrogen and oxygen atoms in total. The molecule has 0 aliphatic carbocycles. The molecule has 0 saturated carbocycles. The zero-order valence-corrected chi connectivity index (χ0v) is 18.2. The molecule has 2 aromatic carbocycles. The highest BCUT2D eigenvalue weighted by molar-refractivity contribution is 14.0. The lowest BCUT2D eigenvalue weighted by Gasteiger charge is -2.21. The normalized spacial score (nSPS) is 16.4. The molecule has 0 aromatic heterocycles. The van der Waals surface area contributed by atoms with Gasteiger partial charge in [0.15, 0.2) is 5.96 Å². The third-order valence-electron chi connectivity index (χ3n) is 4.70. The molecule has 1 aliphatic heterocycles. The SMILES string of the molecule is CN=C(NCC(=O)Nc1ccc(F)cc1)N1CCC(Cc2ccccc2)C1.I. The second-order valence-corrected chi connectivity index (χ2v) is 6.75. The smallest absolute Gasteiger partial charge is 0.243 e. The minimum absolute atomic E-state index is 0. The Labute approximate surface area is 182 Å². The first-order valence-corrected chi connectivity index (χ1v) is 9.19. The maximum atomic E-state index is 12.9. The summed E-state index contributed by atoms with van der Waals surface area (Å²) in [7, 11) is 1.73. The van der Waals surface area contributed by atoms with E-state index in [0.29, 0.717) is 11.6 Å². The maximum Gasteiger partial charge on any atom is 0.243 e. The van der Waals surface area contributed by atoms with Crippen LogP contribution in [-0.2, 0) is 11.2 Å². The van der Waals surface area contributed by atoms with Gasteiger partial charge in [0.1, 0.15) is 5.82 Å². The standard InChI is InChI=1S/C21H25FN4O.HI/c1-23-21(24-14-20(27)25-19-9-7-18(22)8-10-19)26-12-11-17(15-26)13-16-5-3-2-4-6-16;/h2-10,17H,11-15H2,1H3,(H,23,24)(H,25,27);1H. The first kappa shape index (κ1) is 22.1. The molecule has 2 aromatic rings. The predicted octanol–water partition coefficient (Wildman–Crippen LogP) is 3.52. The van der Waals surface area contributed by atoms with E-state index < -0.39 is 0 Å². The summed E-state index contributed by atoms with van der Waals surface area (Å²) in [5, 5.41) is 5.86. The van der Waals surface area contributed by atoms with E-state index in [-0.39, 0.29) is 42.2 Å². The number of anilines is 1. The number of guanidine groups is 1. The summed E-state index contributed by atoms with van der Waals surface area (Å²) < 4.78 is 12.9. The number of aliphatic imine (C=N–C) groups is 1. The van der Waals surface area contributed by atoms with Crippen LogP contribution in [0.3, 0.4) is 0 Å². The number of halogens is 2. The summed E-state index contributed by atoms with van der Waals surface area (Å²) in [6.45, 7) is 1.97. The van der Waals surface area contributed by atoms with Crippen LogP contribution in [0.1, 0.15) is 12.0 Å². The lowest BCUT2D eigenvalue weighted by molar-refractivity contribution is -0.115. The number of hydrogen-bond acceptors (Lipinski definition) is 2. The van der Waals surface area contributed by atoms with Crippen molar-refractivity contribution in [1.82, 2.24) is 10.2 Å². The van der Waals surface area contributed by atoms with Crippen molar-refractivity contribution in [3.8, 4) is 0 Å². The van der Waals surface area contributed by atoms with Crippen molar-refractivity contribution >= 4 is 41.5 Å². The van der Waals surface area contributed by atoms with Gasteiger partial charge in [-0.1, -0.05) is 30.3 Å². The van der Waals surface area contributed by atoms with Crippen LogP contribution in [-0.4, -0.2) is 43.4 Å². The number of carbonyl (C=O) groups is 1. The van der Waals surface area contributed by atoms with Gasteiger partial charge < -0.3 is 15.5 Å². The summed E-state index contributed by atoms with van der Waals surface area (Å²) in [6.07, 6.45) is 2.16. The van der Waals surface area contributed by atoms with Gasteiger partial charge in [-0.05, 0) is 48.6 Å². The third kappa shape index (κ3) is 6.47. The van der Waals surface area contributed by atoms with Crippen molar-refractivity contribution in [3.63, 3.8) is 0 Å². The predicted molar refractivity (Wildman–Crippen MR) is 122 cm³/mol. The summed E-state index contributed by atoms with van der Waals surface area (Å²) >= 11 is 0. The van der Waals surface area contributed by atoms with Gasteiger partial charge in [-0.25, -0.2) is 4.39 Å². The molecule has 2 N–H and O–H groups in total. The largest absolute Gasteiger partial charge is 0.347 e. The maximum absolute atomic E-state index is 12.9. The molecule has 1 amide bonds. The number of amides is 1. The third-order valence-corrected chi connectivity index (χ3v) is 4.70. The molecule has 150 valence electrons. The summed E-state index contributed by atoms with van der Waals surface area (Å²) in [5.41, 5.74) is 1.92. The molecule has 1 atom stereocenters. The molecule has 0 radical (unpaired) electrons. The van der Waals surface area contributed by atoms with Crippen LogP contribution in [0.2, 0.25) is 0 Å². The number of rotatable bonds is 5. The molecular formula is C21H26FIN4O. The second kappa shape index (κ2) is 11.0. The van der Waals surface area contributed by atoms with Crippen LogP contribution in [0.25, 0.3) is 0 Å². The topological polar surface area (TPSA) is 56.7 Å². The van der Waals surface area contributed by atoms with Crippen molar-refractivity contribution in [2.24, 2.45) is 10.9 Å². The van der Waals surface area contributed by atoms with Gasteiger partial charge in [0.05, 0.1) is 6.54 Å². The number of likely N-dealkylation sites (tertiary alicyclic amines) is 1. The number of nitrogens with one attached hydrogen (secondary N) is 2. The molecule has 0 spiro atoms. The first-order chi connectivity index (χ1) is 13.1. The van der Waals surface area contributed by atoms with Gasteiger partial charge in [0.25, 0.3) is 0 Å². The van der Waals surface area contributed by atoms with Crippen molar-refractivity contribution in [1.29, 1.82) is 0 Å². The minimum atomic E-state index is -0.328. The van der Waals surface area contributed by atoms with E-state index in [1.807, 2.05) is 6.07 Å². The van der Waals surface area contributed by atoms with E-state index in [2.05, 4.69) is 44.8 Å². The average Bonchev–Trinajstić information content (AvgIpc) is 3.13. The Morgan fingerprint density at radius 2 is 1.89 bits per heavy atom. The van der Waals surface area contributed by atoms with Crippen molar-refractivity contribution in [2.75, 3.05) is 32.0 Å². The number of hydrogen-bond donors (Lipinski definition) is 2. The molecule has 0 bridgehead atoms. The number of benzene rings is 2. The van der Waals surface area contributed by atoms with E-state index in [9.17, 15) is 9.18 Å². The zero-order chi connectivity index (χ0) is 19.1. The van der Waals surface area contributed by atoms with Crippen molar-refractivity contribution in [3.05, 3.63) is 66.0 Å². The molecular weight excluding hydrogens is 470 g/mol. The first-order valence-electron chi connectivity index (χ1n) is 9.19. The van der Waals surface area contributed by atoms with Gasteiger partial charge in [0, 0.05) is 25.8 Å². The Morgan fingerprint density at radius 3 is 2.57 bits per heavy atom. The van der Waals surface area contributed by atoms with Crippen LogP contribution in [0.15, 0.2) is 59.6 Å². The molecule has 1 heterocycles. The average molecular weight is 496 g/mol. The van der Waals surface area contributed by atoms with E-state index in [1.54, 1.807) is 7.05 Å². The van der Waals surface area contributed by atoms with E-state index in [1.165, 1.54) is 29.8 Å². The lowest BCUT2D eigenvalue weighted by atomic mass is 9.99. The molecule has 1 aliphatic rings. The quantitative estimate of drug-likeness (QED) is 0.379. The molecule has 28 heavy (non-hydrogen) atoms. The van der Waals surface area contributed by atoms with Crippen molar-refractivity contribution in [2.45, 2.75) is 12.8 Å². The highest BCUT2D eigenvalue weighted by Crippen LogP contribution is 2.20. The van der Waals surface area contributed by atoms with Crippen LogP contribution in [0, 0.1) is 11.7 Å². The van der Waals surface area contributed by atoms with E-state index in [4.69, 9.17) is 0 Å². The molecule has 1 unspecified atom stereocenters. The Hall–Kier alpha value is -2.16. The van der Waals surface area contributed by atoms with Crippen LogP contribution in [0.4, 0.5) is 10.1 Å². The van der Waals surface area contributed by atoms with Gasteiger partial charge in [-0.3, -0.25) is 9.79 Å². The Morgan fingerprint density at radius 1 is 1.18 bits per heavy atom. The van der Waals surface area contributed by atoms with Gasteiger partial charge in [-0.2, -0.15) is 0 Å². The van der Waals surface area contributed by atoms with Crippen molar-refractivity contribution < 1.29 is 9.18 Å². The van der Waals surface area contributed by atoms with E-state index in [0.717, 1.165) is 31.9 Å².